The Morgan fingerprint density at radius 1 is 1.12 bits per heavy atom. The number of rotatable bonds is 5. The fraction of sp³-hybridized carbons (Fsp3) is 1.00. The van der Waals surface area contributed by atoms with Crippen LogP contribution in [0.3, 0.4) is 0 Å². The number of hydrogen-bond donors (Lipinski definition) is 1. The maximum atomic E-state index is 3.46. The van der Waals surface area contributed by atoms with E-state index in [1.54, 1.807) is 0 Å². The first-order valence-electron chi connectivity index (χ1n) is 7.21. The van der Waals surface area contributed by atoms with Gasteiger partial charge in [0.25, 0.3) is 0 Å². The Labute approximate surface area is 102 Å². The average molecular weight is 225 g/mol. The molecule has 96 valence electrons. The molecule has 1 fully saturated rings. The molecule has 1 rings (SSSR count). The van der Waals surface area contributed by atoms with Crippen LogP contribution in [-0.4, -0.2) is 13.1 Å². The van der Waals surface area contributed by atoms with Crippen molar-refractivity contribution in [2.45, 2.75) is 65.8 Å². The van der Waals surface area contributed by atoms with E-state index in [-0.39, 0.29) is 0 Å². The van der Waals surface area contributed by atoms with Gasteiger partial charge in [0.2, 0.25) is 0 Å². The minimum atomic E-state index is 0.717. The zero-order valence-electron chi connectivity index (χ0n) is 11.9. The molecule has 1 heteroatoms. The minimum Gasteiger partial charge on any atom is -0.317 e. The van der Waals surface area contributed by atoms with Crippen LogP contribution in [0.4, 0.5) is 0 Å². The summed E-state index contributed by atoms with van der Waals surface area (Å²) < 4.78 is 0. The maximum absolute atomic E-state index is 3.46. The van der Waals surface area contributed by atoms with E-state index in [1.165, 1.54) is 32.1 Å². The van der Waals surface area contributed by atoms with Crippen molar-refractivity contribution in [2.24, 2.45) is 23.7 Å². The molecule has 0 aliphatic heterocycles. The summed E-state index contributed by atoms with van der Waals surface area (Å²) >= 11 is 0. The highest BCUT2D eigenvalue weighted by atomic mass is 14.9. The van der Waals surface area contributed by atoms with Crippen molar-refractivity contribution in [1.29, 1.82) is 0 Å². The van der Waals surface area contributed by atoms with Crippen LogP contribution in [0.5, 0.6) is 0 Å². The minimum absolute atomic E-state index is 0.717. The van der Waals surface area contributed by atoms with Crippen LogP contribution >= 0.6 is 0 Å². The molecule has 0 heterocycles. The van der Waals surface area contributed by atoms with Gasteiger partial charge in [0.15, 0.2) is 0 Å². The Balaban J connectivity index is 2.27. The predicted molar refractivity (Wildman–Crippen MR) is 72.6 cm³/mol. The van der Waals surface area contributed by atoms with E-state index in [1.807, 2.05) is 0 Å². The summed E-state index contributed by atoms with van der Waals surface area (Å²) in [6, 6.07) is 0.717. The summed E-state index contributed by atoms with van der Waals surface area (Å²) in [7, 11) is 2.11. The van der Waals surface area contributed by atoms with Crippen molar-refractivity contribution >= 4 is 0 Å². The second-order valence-electron chi connectivity index (χ2n) is 6.35. The molecule has 0 bridgehead atoms. The largest absolute Gasteiger partial charge is 0.317 e. The second kappa shape index (κ2) is 6.64. The molecule has 0 saturated heterocycles. The van der Waals surface area contributed by atoms with Crippen molar-refractivity contribution in [3.8, 4) is 0 Å². The van der Waals surface area contributed by atoms with Crippen LogP contribution < -0.4 is 5.32 Å². The predicted octanol–water partition coefficient (Wildman–Crippen LogP) is 4.08. The monoisotopic (exact) mass is 225 g/mol. The molecule has 0 radical (unpaired) electrons. The lowest BCUT2D eigenvalue weighted by Crippen LogP contribution is -2.31. The SMILES string of the molecule is CNC(CCC1CCC(C)C(C)C1)C(C)C. The van der Waals surface area contributed by atoms with E-state index in [9.17, 15) is 0 Å². The molecule has 1 aliphatic rings. The number of hydrogen-bond acceptors (Lipinski definition) is 1. The van der Waals surface area contributed by atoms with Crippen molar-refractivity contribution in [3.63, 3.8) is 0 Å². The lowest BCUT2D eigenvalue weighted by atomic mass is 9.74. The Morgan fingerprint density at radius 3 is 2.31 bits per heavy atom. The van der Waals surface area contributed by atoms with Crippen molar-refractivity contribution in [3.05, 3.63) is 0 Å². The van der Waals surface area contributed by atoms with Gasteiger partial charge in [-0.1, -0.05) is 40.5 Å². The summed E-state index contributed by atoms with van der Waals surface area (Å²) in [5.74, 6) is 3.68. The fourth-order valence-corrected chi connectivity index (χ4v) is 3.15. The summed E-state index contributed by atoms with van der Waals surface area (Å²) in [5.41, 5.74) is 0. The van der Waals surface area contributed by atoms with E-state index in [2.05, 4.69) is 40.1 Å². The van der Waals surface area contributed by atoms with E-state index < -0.39 is 0 Å². The standard InChI is InChI=1S/C15H31N/c1-11(2)15(16-5)9-8-14-7-6-12(3)13(4)10-14/h11-16H,6-10H2,1-5H3. The van der Waals surface area contributed by atoms with Crippen molar-refractivity contribution < 1.29 is 0 Å². The molecule has 16 heavy (non-hydrogen) atoms. The van der Waals surface area contributed by atoms with Gasteiger partial charge < -0.3 is 5.32 Å². The Morgan fingerprint density at radius 2 is 1.81 bits per heavy atom. The van der Waals surface area contributed by atoms with Gasteiger partial charge in [-0.15, -0.1) is 0 Å². The molecule has 1 saturated carbocycles. The normalized spacial score (nSPS) is 33.0. The van der Waals surface area contributed by atoms with E-state index >= 15 is 0 Å². The molecule has 0 spiro atoms. The fourth-order valence-electron chi connectivity index (χ4n) is 3.15. The van der Waals surface area contributed by atoms with E-state index in [0.29, 0.717) is 0 Å². The third-order valence-electron chi connectivity index (χ3n) is 4.77. The smallest absolute Gasteiger partial charge is 0.00871 e. The average Bonchev–Trinajstić information content (AvgIpc) is 2.23. The van der Waals surface area contributed by atoms with Crippen molar-refractivity contribution in [2.75, 3.05) is 7.05 Å². The first kappa shape index (κ1) is 14.0. The quantitative estimate of drug-likeness (QED) is 0.743. The zero-order chi connectivity index (χ0) is 12.1. The maximum Gasteiger partial charge on any atom is 0.00871 e. The second-order valence-corrected chi connectivity index (χ2v) is 6.35. The Bertz CT molecular complexity index is 188. The molecule has 0 aromatic rings. The van der Waals surface area contributed by atoms with Crippen LogP contribution in [0, 0.1) is 23.7 Å². The highest BCUT2D eigenvalue weighted by Gasteiger charge is 2.25. The van der Waals surface area contributed by atoms with Gasteiger partial charge >= 0.3 is 0 Å². The van der Waals surface area contributed by atoms with Crippen LogP contribution in [0.2, 0.25) is 0 Å². The molecular weight excluding hydrogens is 194 g/mol. The zero-order valence-corrected chi connectivity index (χ0v) is 11.9. The van der Waals surface area contributed by atoms with Crippen LogP contribution in [-0.2, 0) is 0 Å². The summed E-state index contributed by atoms with van der Waals surface area (Å²) in [6.45, 7) is 9.51. The third kappa shape index (κ3) is 4.08. The molecule has 1 aliphatic carbocycles. The van der Waals surface area contributed by atoms with Crippen LogP contribution in [0.15, 0.2) is 0 Å². The lowest BCUT2D eigenvalue weighted by molar-refractivity contribution is 0.191. The van der Waals surface area contributed by atoms with E-state index in [4.69, 9.17) is 0 Å². The molecule has 0 aromatic heterocycles. The van der Waals surface area contributed by atoms with Gasteiger partial charge in [-0.05, 0) is 50.0 Å². The van der Waals surface area contributed by atoms with Gasteiger partial charge in [-0.25, -0.2) is 0 Å². The first-order valence-corrected chi connectivity index (χ1v) is 7.21. The summed E-state index contributed by atoms with van der Waals surface area (Å²) in [4.78, 5) is 0. The number of nitrogens with one attached hydrogen (secondary N) is 1. The molecule has 4 unspecified atom stereocenters. The summed E-state index contributed by atoms with van der Waals surface area (Å²) in [6.07, 6.45) is 7.19. The van der Waals surface area contributed by atoms with Crippen LogP contribution in [0.25, 0.3) is 0 Å². The highest BCUT2D eigenvalue weighted by molar-refractivity contribution is 4.77. The topological polar surface area (TPSA) is 12.0 Å². The molecule has 1 nitrogen and oxygen atoms in total. The van der Waals surface area contributed by atoms with Gasteiger partial charge in [0, 0.05) is 6.04 Å². The third-order valence-corrected chi connectivity index (χ3v) is 4.77. The molecule has 4 atom stereocenters. The first-order chi connectivity index (χ1) is 7.54. The highest BCUT2D eigenvalue weighted by Crippen LogP contribution is 2.35. The van der Waals surface area contributed by atoms with Gasteiger partial charge in [0.05, 0.1) is 0 Å². The van der Waals surface area contributed by atoms with Gasteiger partial charge in [-0.3, -0.25) is 0 Å². The Kier molecular flexibility index (Phi) is 5.82. The Hall–Kier alpha value is -0.0400. The summed E-state index contributed by atoms with van der Waals surface area (Å²) in [5, 5.41) is 3.46. The molecule has 1 N–H and O–H groups in total. The van der Waals surface area contributed by atoms with Gasteiger partial charge in [0.1, 0.15) is 0 Å². The van der Waals surface area contributed by atoms with Gasteiger partial charge in [-0.2, -0.15) is 0 Å². The van der Waals surface area contributed by atoms with E-state index in [0.717, 1.165) is 29.7 Å². The van der Waals surface area contributed by atoms with Crippen LogP contribution in [0.1, 0.15) is 59.8 Å². The molecule has 0 aromatic carbocycles. The van der Waals surface area contributed by atoms with Crippen molar-refractivity contribution in [1.82, 2.24) is 5.32 Å². The lowest BCUT2D eigenvalue weighted by Gasteiger charge is -2.33. The molecular formula is C15H31N. The molecule has 0 amide bonds.